The van der Waals surface area contributed by atoms with Crippen LogP contribution < -0.4 is 5.73 Å². The smallest absolute Gasteiger partial charge is 0.308 e. The predicted molar refractivity (Wildman–Crippen MR) is 93.3 cm³/mol. The van der Waals surface area contributed by atoms with E-state index in [0.29, 0.717) is 12.2 Å². The largest absolute Gasteiger partial charge is 0.321 e. The summed E-state index contributed by atoms with van der Waals surface area (Å²) in [5.41, 5.74) is 7.38. The van der Waals surface area contributed by atoms with E-state index in [-0.39, 0.29) is 7.43 Å². The second kappa shape index (κ2) is 8.24. The van der Waals surface area contributed by atoms with E-state index in [1.807, 2.05) is 18.2 Å². The Morgan fingerprint density at radius 2 is 1.91 bits per heavy atom. The van der Waals surface area contributed by atoms with E-state index in [2.05, 4.69) is 17.1 Å². The number of rotatable bonds is 7. The highest BCUT2D eigenvalue weighted by Gasteiger charge is 2.23. The van der Waals surface area contributed by atoms with E-state index in [4.69, 9.17) is 5.73 Å². The molecule has 0 spiro atoms. The molecule has 128 valence electrons. The van der Waals surface area contributed by atoms with Crippen molar-refractivity contribution in [3.05, 3.63) is 54.1 Å². The van der Waals surface area contributed by atoms with Crippen LogP contribution in [0.5, 0.6) is 0 Å². The first-order chi connectivity index (χ1) is 10.4. The van der Waals surface area contributed by atoms with Crippen LogP contribution in [0.15, 0.2) is 42.7 Å². The molecule has 1 unspecified atom stereocenters. The molecule has 0 radical (unpaired) electrons. The van der Waals surface area contributed by atoms with Gasteiger partial charge in [-0.05, 0) is 24.8 Å². The minimum atomic E-state index is -3.58. The number of nitrogens with zero attached hydrogens (tertiary/aromatic N) is 3. The average Bonchev–Trinajstić information content (AvgIpc) is 2.98. The standard InChI is InChI=1S/C15H22N4O2S.CH4/c1-18(2)22(20,21)19-12-11-17-15(19)14(16)10-6-9-13-7-4-3-5-8-13;/h3-5,7-8,11-12,14H,6,9-10,16H2,1-2H3;1H4. The molecule has 2 N–H and O–H groups in total. The molecule has 0 bridgehead atoms. The second-order valence-electron chi connectivity index (χ2n) is 5.36. The molecule has 1 atom stereocenters. The predicted octanol–water partition coefficient (Wildman–Crippen LogP) is 2.20. The molecule has 0 fully saturated rings. The van der Waals surface area contributed by atoms with Crippen LogP contribution in [0, 0.1) is 0 Å². The number of aromatic nitrogens is 2. The van der Waals surface area contributed by atoms with E-state index >= 15 is 0 Å². The second-order valence-corrected chi connectivity index (χ2v) is 7.38. The summed E-state index contributed by atoms with van der Waals surface area (Å²) in [6.07, 6.45) is 5.36. The lowest BCUT2D eigenvalue weighted by atomic mass is 10.0. The summed E-state index contributed by atoms with van der Waals surface area (Å²) in [6.45, 7) is 0. The molecule has 6 nitrogen and oxygen atoms in total. The maximum atomic E-state index is 12.2. The summed E-state index contributed by atoms with van der Waals surface area (Å²) in [5, 5.41) is 0. The van der Waals surface area contributed by atoms with Crippen molar-refractivity contribution in [1.29, 1.82) is 0 Å². The fraction of sp³-hybridized carbons (Fsp3) is 0.438. The molecule has 2 aromatic rings. The highest BCUT2D eigenvalue weighted by atomic mass is 32.2. The Kier molecular flexibility index (Phi) is 6.93. The number of hydrogen-bond acceptors (Lipinski definition) is 4. The van der Waals surface area contributed by atoms with Gasteiger partial charge in [0.1, 0.15) is 5.82 Å². The number of imidazole rings is 1. The topological polar surface area (TPSA) is 81.2 Å². The first kappa shape index (κ1) is 19.3. The van der Waals surface area contributed by atoms with E-state index in [1.54, 1.807) is 0 Å². The van der Waals surface area contributed by atoms with Crippen molar-refractivity contribution in [2.24, 2.45) is 5.73 Å². The third-order valence-electron chi connectivity index (χ3n) is 3.50. The minimum absolute atomic E-state index is 0. The molecule has 0 aliphatic carbocycles. The van der Waals surface area contributed by atoms with Crippen molar-refractivity contribution in [2.45, 2.75) is 32.7 Å². The van der Waals surface area contributed by atoms with Crippen molar-refractivity contribution in [1.82, 2.24) is 13.3 Å². The molecule has 0 amide bonds. The molecule has 0 aliphatic rings. The van der Waals surface area contributed by atoms with Gasteiger partial charge in [-0.3, -0.25) is 0 Å². The molecule has 23 heavy (non-hydrogen) atoms. The Morgan fingerprint density at radius 3 is 2.52 bits per heavy atom. The number of benzene rings is 1. The SMILES string of the molecule is C.CN(C)S(=O)(=O)n1ccnc1C(N)CCCc1ccccc1. The van der Waals surface area contributed by atoms with Gasteiger partial charge in [0.05, 0.1) is 6.04 Å². The van der Waals surface area contributed by atoms with Gasteiger partial charge in [0.25, 0.3) is 0 Å². The normalized spacial score (nSPS) is 12.9. The monoisotopic (exact) mass is 338 g/mol. The van der Waals surface area contributed by atoms with Gasteiger partial charge in [-0.2, -0.15) is 12.7 Å². The fourth-order valence-corrected chi connectivity index (χ4v) is 3.21. The number of hydrogen-bond donors (Lipinski definition) is 1. The Labute approximate surface area is 139 Å². The van der Waals surface area contributed by atoms with Crippen LogP contribution in [0.2, 0.25) is 0 Å². The Balaban J connectivity index is 0.00000264. The number of nitrogens with two attached hydrogens (primary N) is 1. The van der Waals surface area contributed by atoms with Crippen molar-refractivity contribution in [3.8, 4) is 0 Å². The minimum Gasteiger partial charge on any atom is -0.321 e. The maximum Gasteiger partial charge on any atom is 0.308 e. The summed E-state index contributed by atoms with van der Waals surface area (Å²) in [4.78, 5) is 4.12. The van der Waals surface area contributed by atoms with Gasteiger partial charge >= 0.3 is 10.2 Å². The summed E-state index contributed by atoms with van der Waals surface area (Å²) in [5.74, 6) is 0.377. The molecule has 0 saturated carbocycles. The third-order valence-corrected chi connectivity index (χ3v) is 5.23. The van der Waals surface area contributed by atoms with Gasteiger partial charge in [-0.1, -0.05) is 37.8 Å². The van der Waals surface area contributed by atoms with Crippen molar-refractivity contribution >= 4 is 10.2 Å². The van der Waals surface area contributed by atoms with Gasteiger partial charge in [-0.25, -0.2) is 8.96 Å². The lowest BCUT2D eigenvalue weighted by Crippen LogP contribution is -2.31. The lowest BCUT2D eigenvalue weighted by Gasteiger charge is -2.17. The van der Waals surface area contributed by atoms with E-state index < -0.39 is 16.3 Å². The molecule has 1 aromatic heterocycles. The average molecular weight is 338 g/mol. The van der Waals surface area contributed by atoms with Gasteiger partial charge < -0.3 is 5.73 Å². The summed E-state index contributed by atoms with van der Waals surface area (Å²) in [6, 6.07) is 9.73. The third kappa shape index (κ3) is 4.63. The molecular weight excluding hydrogens is 312 g/mol. The van der Waals surface area contributed by atoms with Crippen LogP contribution in [0.25, 0.3) is 0 Å². The first-order valence-electron chi connectivity index (χ1n) is 7.18. The van der Waals surface area contributed by atoms with E-state index in [1.165, 1.54) is 32.1 Å². The first-order valence-corrected chi connectivity index (χ1v) is 8.58. The van der Waals surface area contributed by atoms with Gasteiger partial charge in [0, 0.05) is 26.5 Å². The zero-order chi connectivity index (χ0) is 16.2. The lowest BCUT2D eigenvalue weighted by molar-refractivity contribution is 0.500. The number of aryl methyl sites for hydroxylation is 1. The Bertz CT molecular complexity index is 696. The van der Waals surface area contributed by atoms with Gasteiger partial charge in [0.15, 0.2) is 0 Å². The molecule has 1 heterocycles. The van der Waals surface area contributed by atoms with Gasteiger partial charge in [0.2, 0.25) is 0 Å². The Morgan fingerprint density at radius 1 is 1.26 bits per heavy atom. The van der Waals surface area contributed by atoms with Gasteiger partial charge in [-0.15, -0.1) is 0 Å². The molecule has 1 aromatic carbocycles. The highest BCUT2D eigenvalue weighted by Crippen LogP contribution is 2.18. The molecule has 2 rings (SSSR count). The quantitative estimate of drug-likeness (QED) is 0.839. The summed E-state index contributed by atoms with van der Waals surface area (Å²) < 4.78 is 26.7. The van der Waals surface area contributed by atoms with Crippen LogP contribution in [0.3, 0.4) is 0 Å². The van der Waals surface area contributed by atoms with Crippen LogP contribution in [0.1, 0.15) is 37.7 Å². The van der Waals surface area contributed by atoms with E-state index in [0.717, 1.165) is 21.1 Å². The van der Waals surface area contributed by atoms with Crippen molar-refractivity contribution in [3.63, 3.8) is 0 Å². The molecule has 0 saturated heterocycles. The summed E-state index contributed by atoms with van der Waals surface area (Å²) in [7, 11) is -0.607. The van der Waals surface area contributed by atoms with E-state index in [9.17, 15) is 8.42 Å². The molecular formula is C16H26N4O2S. The summed E-state index contributed by atoms with van der Waals surface area (Å²) >= 11 is 0. The van der Waals surface area contributed by atoms with Crippen LogP contribution in [-0.2, 0) is 16.6 Å². The highest BCUT2D eigenvalue weighted by molar-refractivity contribution is 7.87. The molecule has 7 heteroatoms. The van der Waals surface area contributed by atoms with Crippen LogP contribution in [0.4, 0.5) is 0 Å². The molecule has 0 aliphatic heterocycles. The fourth-order valence-electron chi connectivity index (χ4n) is 2.23. The zero-order valence-electron chi connectivity index (χ0n) is 12.9. The van der Waals surface area contributed by atoms with Crippen LogP contribution in [-0.4, -0.2) is 35.8 Å². The Hall–Kier alpha value is -1.70. The van der Waals surface area contributed by atoms with Crippen molar-refractivity contribution < 1.29 is 8.42 Å². The maximum absolute atomic E-state index is 12.2. The van der Waals surface area contributed by atoms with Crippen LogP contribution >= 0.6 is 0 Å². The zero-order valence-corrected chi connectivity index (χ0v) is 13.7. The van der Waals surface area contributed by atoms with Crippen molar-refractivity contribution in [2.75, 3.05) is 14.1 Å².